The smallest absolute Gasteiger partial charge is 0.0490 e. The van der Waals surface area contributed by atoms with Gasteiger partial charge in [-0.3, -0.25) is 0 Å². The first-order valence-electron chi connectivity index (χ1n) is 8.43. The Bertz CT molecular complexity index is 250. The summed E-state index contributed by atoms with van der Waals surface area (Å²) < 4.78 is 5.31. The van der Waals surface area contributed by atoms with Gasteiger partial charge in [0.1, 0.15) is 0 Å². The molecule has 0 heterocycles. The van der Waals surface area contributed by atoms with E-state index in [0.29, 0.717) is 0 Å². The maximum absolute atomic E-state index is 5.31. The summed E-state index contributed by atoms with van der Waals surface area (Å²) in [5, 5.41) is 0. The van der Waals surface area contributed by atoms with Crippen LogP contribution in [0.5, 0.6) is 0 Å². The molecule has 2 fully saturated rings. The minimum atomic E-state index is 0.164. The van der Waals surface area contributed by atoms with Gasteiger partial charge in [-0.1, -0.05) is 37.3 Å². The third kappa shape index (κ3) is 4.75. The van der Waals surface area contributed by atoms with Crippen molar-refractivity contribution >= 4 is 9.52 Å². The van der Waals surface area contributed by atoms with E-state index >= 15 is 0 Å². The largest absolute Gasteiger partial charge is 0.384 e. The molecule has 110 valence electrons. The standard InChI is InChI=1S/C17H32OSi/c1-3-12-19-17-10-8-16(9-11-17)15-6-4-14(5-7-15)13-18-2/h3,14-17H,1,4-13,19H2,2H3. The lowest BCUT2D eigenvalue weighted by atomic mass is 9.71. The van der Waals surface area contributed by atoms with Crippen LogP contribution in [0.3, 0.4) is 0 Å². The highest BCUT2D eigenvalue weighted by Gasteiger charge is 2.30. The summed E-state index contributed by atoms with van der Waals surface area (Å²) in [6.07, 6.45) is 14.1. The molecule has 2 aliphatic rings. The predicted octanol–water partition coefficient (Wildman–Crippen LogP) is 4.19. The number of ether oxygens (including phenoxy) is 1. The number of hydrogen-bond acceptors (Lipinski definition) is 1. The number of methoxy groups -OCH3 is 1. The first-order chi connectivity index (χ1) is 9.33. The Hall–Kier alpha value is -0.0831. The van der Waals surface area contributed by atoms with Crippen molar-refractivity contribution in [3.8, 4) is 0 Å². The van der Waals surface area contributed by atoms with Gasteiger partial charge in [-0.25, -0.2) is 0 Å². The molecule has 0 aromatic carbocycles. The van der Waals surface area contributed by atoms with Crippen LogP contribution in [0.15, 0.2) is 12.7 Å². The number of rotatable bonds is 6. The van der Waals surface area contributed by atoms with E-state index in [0.717, 1.165) is 29.9 Å². The zero-order valence-electron chi connectivity index (χ0n) is 12.8. The molecular formula is C17H32OSi. The lowest BCUT2D eigenvalue weighted by Crippen LogP contribution is -2.26. The summed E-state index contributed by atoms with van der Waals surface area (Å²) in [6.45, 7) is 4.87. The molecule has 0 unspecified atom stereocenters. The van der Waals surface area contributed by atoms with E-state index in [2.05, 4.69) is 12.7 Å². The first-order valence-corrected chi connectivity index (χ1v) is 10.2. The summed E-state index contributed by atoms with van der Waals surface area (Å²) in [6, 6.07) is 1.36. The fourth-order valence-electron chi connectivity index (χ4n) is 4.36. The Labute approximate surface area is 122 Å². The molecule has 0 N–H and O–H groups in total. The van der Waals surface area contributed by atoms with Crippen molar-refractivity contribution in [2.24, 2.45) is 17.8 Å². The Morgan fingerprint density at radius 3 is 2.11 bits per heavy atom. The summed E-state index contributed by atoms with van der Waals surface area (Å²) in [4.78, 5) is 0. The normalized spacial score (nSPS) is 36.7. The molecule has 2 aliphatic carbocycles. The van der Waals surface area contributed by atoms with Crippen LogP contribution >= 0.6 is 0 Å². The molecule has 0 atom stereocenters. The van der Waals surface area contributed by atoms with Gasteiger partial charge < -0.3 is 4.74 Å². The van der Waals surface area contributed by atoms with E-state index in [1.54, 1.807) is 12.8 Å². The van der Waals surface area contributed by atoms with Crippen molar-refractivity contribution in [3.63, 3.8) is 0 Å². The maximum atomic E-state index is 5.31. The van der Waals surface area contributed by atoms with Gasteiger partial charge in [-0.15, -0.1) is 6.58 Å². The topological polar surface area (TPSA) is 9.23 Å². The van der Waals surface area contributed by atoms with E-state index < -0.39 is 0 Å². The van der Waals surface area contributed by atoms with Crippen LogP contribution in [0.1, 0.15) is 51.4 Å². The number of hydrogen-bond donors (Lipinski definition) is 0. The lowest BCUT2D eigenvalue weighted by molar-refractivity contribution is 0.0985. The van der Waals surface area contributed by atoms with Gasteiger partial charge in [0.05, 0.1) is 0 Å². The van der Waals surface area contributed by atoms with Gasteiger partial charge >= 0.3 is 0 Å². The van der Waals surface area contributed by atoms with E-state index in [-0.39, 0.29) is 9.52 Å². The minimum absolute atomic E-state index is 0.164. The quantitative estimate of drug-likeness (QED) is 0.523. The van der Waals surface area contributed by atoms with E-state index in [1.165, 1.54) is 44.6 Å². The third-order valence-electron chi connectivity index (χ3n) is 5.63. The molecule has 0 bridgehead atoms. The molecule has 0 spiro atoms. The van der Waals surface area contributed by atoms with Crippen molar-refractivity contribution in [2.45, 2.75) is 63.0 Å². The zero-order chi connectivity index (χ0) is 13.5. The van der Waals surface area contributed by atoms with Gasteiger partial charge in [0, 0.05) is 23.2 Å². The molecular weight excluding hydrogens is 248 g/mol. The Morgan fingerprint density at radius 2 is 1.58 bits per heavy atom. The summed E-state index contributed by atoms with van der Waals surface area (Å²) in [7, 11) is 2.01. The van der Waals surface area contributed by atoms with Gasteiger partial charge in [0.2, 0.25) is 0 Å². The van der Waals surface area contributed by atoms with Crippen LogP contribution in [-0.2, 0) is 4.74 Å². The highest BCUT2D eigenvalue weighted by atomic mass is 28.2. The first kappa shape index (κ1) is 15.3. The van der Waals surface area contributed by atoms with E-state index in [4.69, 9.17) is 4.74 Å². The van der Waals surface area contributed by atoms with Crippen LogP contribution in [0, 0.1) is 17.8 Å². The molecule has 2 rings (SSSR count). The molecule has 2 saturated carbocycles. The summed E-state index contributed by atoms with van der Waals surface area (Å²) in [5.41, 5.74) is 1.14. The van der Waals surface area contributed by atoms with Gasteiger partial charge in [0.25, 0.3) is 0 Å². The third-order valence-corrected chi connectivity index (χ3v) is 8.01. The average molecular weight is 281 g/mol. The highest BCUT2D eigenvalue weighted by molar-refractivity contribution is 6.38. The Balaban J connectivity index is 1.66. The van der Waals surface area contributed by atoms with Gasteiger partial charge in [0.15, 0.2) is 0 Å². The van der Waals surface area contributed by atoms with Crippen molar-refractivity contribution in [1.82, 2.24) is 0 Å². The molecule has 1 nitrogen and oxygen atoms in total. The maximum Gasteiger partial charge on any atom is 0.0490 e. The van der Waals surface area contributed by atoms with Crippen molar-refractivity contribution in [2.75, 3.05) is 13.7 Å². The van der Waals surface area contributed by atoms with Crippen LogP contribution in [0.2, 0.25) is 11.6 Å². The Kier molecular flexibility index (Phi) is 6.65. The van der Waals surface area contributed by atoms with Crippen LogP contribution in [0.25, 0.3) is 0 Å². The molecule has 0 amide bonds. The molecule has 0 saturated heterocycles. The summed E-state index contributed by atoms with van der Waals surface area (Å²) >= 11 is 0. The average Bonchev–Trinajstić information content (AvgIpc) is 2.47. The second-order valence-corrected chi connectivity index (χ2v) is 9.19. The van der Waals surface area contributed by atoms with E-state index in [9.17, 15) is 0 Å². The number of allylic oxidation sites excluding steroid dienone is 1. The highest BCUT2D eigenvalue weighted by Crippen LogP contribution is 2.42. The van der Waals surface area contributed by atoms with Crippen LogP contribution < -0.4 is 0 Å². The molecule has 0 aromatic heterocycles. The SMILES string of the molecule is C=CC[SiH2]C1CCC(C2CCC(COC)CC2)CC1. The summed E-state index contributed by atoms with van der Waals surface area (Å²) in [5.74, 6) is 2.98. The van der Waals surface area contributed by atoms with Gasteiger partial charge in [-0.2, -0.15) is 0 Å². The van der Waals surface area contributed by atoms with Crippen LogP contribution in [-0.4, -0.2) is 23.2 Å². The van der Waals surface area contributed by atoms with Crippen molar-refractivity contribution < 1.29 is 4.74 Å². The lowest BCUT2D eigenvalue weighted by Gasteiger charge is -2.37. The minimum Gasteiger partial charge on any atom is -0.384 e. The van der Waals surface area contributed by atoms with Gasteiger partial charge in [-0.05, 0) is 49.5 Å². The van der Waals surface area contributed by atoms with Crippen LogP contribution in [0.4, 0.5) is 0 Å². The molecule has 0 aliphatic heterocycles. The second-order valence-electron chi connectivity index (χ2n) is 6.88. The second kappa shape index (κ2) is 8.26. The van der Waals surface area contributed by atoms with Crippen molar-refractivity contribution in [3.05, 3.63) is 12.7 Å². The monoisotopic (exact) mass is 280 g/mol. The van der Waals surface area contributed by atoms with Crippen molar-refractivity contribution in [1.29, 1.82) is 0 Å². The molecule has 0 radical (unpaired) electrons. The molecule has 0 aromatic rings. The predicted molar refractivity (Wildman–Crippen MR) is 86.6 cm³/mol. The molecule has 19 heavy (non-hydrogen) atoms. The van der Waals surface area contributed by atoms with E-state index in [1.807, 2.05) is 7.11 Å². The fraction of sp³-hybridized carbons (Fsp3) is 0.882. The zero-order valence-corrected chi connectivity index (χ0v) is 14.2. The Morgan fingerprint density at radius 1 is 1.00 bits per heavy atom. The fourth-order valence-corrected chi connectivity index (χ4v) is 6.12. The molecule has 2 heteroatoms.